The van der Waals surface area contributed by atoms with Gasteiger partial charge in [0, 0.05) is 30.7 Å². The molecule has 0 aliphatic heterocycles. The average Bonchev–Trinajstić information content (AvgIpc) is 2.91. The number of carbonyl (C=O) groups is 1. The van der Waals surface area contributed by atoms with Gasteiger partial charge in [-0.3, -0.25) is 4.79 Å². The lowest BCUT2D eigenvalue weighted by Gasteiger charge is -2.26. The summed E-state index contributed by atoms with van der Waals surface area (Å²) >= 11 is 0. The summed E-state index contributed by atoms with van der Waals surface area (Å²) in [5.74, 6) is 1.01. The molecular weight excluding hydrogens is 260 g/mol. The zero-order chi connectivity index (χ0) is 14.7. The summed E-state index contributed by atoms with van der Waals surface area (Å²) in [5.41, 5.74) is 1.21. The minimum Gasteiger partial charge on any atom is -0.353 e. The Balaban J connectivity index is 1.52. The largest absolute Gasteiger partial charge is 0.353 e. The van der Waals surface area contributed by atoms with Crippen LogP contribution in [0.1, 0.15) is 39.0 Å². The topological polar surface area (TPSA) is 34.0 Å². The molecule has 0 saturated heterocycles. The van der Waals surface area contributed by atoms with Crippen molar-refractivity contribution in [2.45, 2.75) is 51.6 Å². The minimum atomic E-state index is 0.187. The number of fused-ring (bicyclic) bond motifs is 1. The summed E-state index contributed by atoms with van der Waals surface area (Å²) in [4.78, 5) is 12.1. The molecule has 3 rings (SSSR count). The smallest absolute Gasteiger partial charge is 0.222 e. The van der Waals surface area contributed by atoms with E-state index in [0.29, 0.717) is 12.5 Å². The normalized spacial score (nSPS) is 22.3. The first-order valence-electron chi connectivity index (χ1n) is 8.05. The van der Waals surface area contributed by atoms with Crippen molar-refractivity contribution in [1.82, 2.24) is 9.88 Å². The molecule has 2 aromatic rings. The van der Waals surface area contributed by atoms with Crippen LogP contribution in [0.4, 0.5) is 0 Å². The lowest BCUT2D eigenvalue weighted by Crippen LogP contribution is -2.37. The molecule has 1 fully saturated rings. The zero-order valence-corrected chi connectivity index (χ0v) is 12.7. The van der Waals surface area contributed by atoms with Crippen LogP contribution < -0.4 is 5.32 Å². The number of nitrogens with one attached hydrogen (secondary N) is 1. The van der Waals surface area contributed by atoms with E-state index in [1.54, 1.807) is 0 Å². The average molecular weight is 284 g/mol. The maximum Gasteiger partial charge on any atom is 0.222 e. The predicted octanol–water partition coefficient (Wildman–Crippen LogP) is 3.73. The third kappa shape index (κ3) is 3.46. The lowest BCUT2D eigenvalue weighted by atomic mass is 9.87. The molecule has 0 radical (unpaired) electrons. The number of nitrogens with zero attached hydrogens (tertiary/aromatic N) is 1. The number of hydrogen-bond acceptors (Lipinski definition) is 1. The van der Waals surface area contributed by atoms with Gasteiger partial charge in [-0.25, -0.2) is 0 Å². The Bertz CT molecular complexity index is 608. The van der Waals surface area contributed by atoms with E-state index in [1.165, 1.54) is 23.7 Å². The van der Waals surface area contributed by atoms with Gasteiger partial charge in [-0.15, -0.1) is 0 Å². The van der Waals surface area contributed by atoms with Crippen LogP contribution in [0.2, 0.25) is 0 Å². The third-order valence-electron chi connectivity index (χ3n) is 4.64. The first-order valence-corrected chi connectivity index (χ1v) is 8.05. The summed E-state index contributed by atoms with van der Waals surface area (Å²) in [6.45, 7) is 3.05. The highest BCUT2D eigenvalue weighted by Crippen LogP contribution is 2.23. The third-order valence-corrected chi connectivity index (χ3v) is 4.64. The zero-order valence-electron chi connectivity index (χ0n) is 12.7. The maximum absolute atomic E-state index is 12.1. The number of carbonyl (C=O) groups excluding carboxylic acids is 1. The molecule has 1 aromatic carbocycles. The molecule has 0 bridgehead atoms. The van der Waals surface area contributed by atoms with Crippen LogP contribution in [-0.4, -0.2) is 16.5 Å². The summed E-state index contributed by atoms with van der Waals surface area (Å²) in [6.07, 6.45) is 7.39. The Kier molecular flexibility index (Phi) is 4.28. The maximum atomic E-state index is 12.1. The Hall–Kier alpha value is -1.77. The monoisotopic (exact) mass is 284 g/mol. The number of aryl methyl sites for hydroxylation is 1. The molecule has 0 spiro atoms. The van der Waals surface area contributed by atoms with Gasteiger partial charge >= 0.3 is 0 Å². The number of aromatic nitrogens is 1. The van der Waals surface area contributed by atoms with Crippen molar-refractivity contribution in [3.05, 3.63) is 36.5 Å². The number of para-hydroxylation sites is 1. The van der Waals surface area contributed by atoms with Gasteiger partial charge in [0.2, 0.25) is 5.91 Å². The highest BCUT2D eigenvalue weighted by Gasteiger charge is 2.19. The first kappa shape index (κ1) is 14.2. The highest BCUT2D eigenvalue weighted by molar-refractivity contribution is 5.80. The molecule has 0 atom stereocenters. The molecule has 0 unspecified atom stereocenters. The first-order chi connectivity index (χ1) is 10.2. The molecule has 1 N–H and O–H groups in total. The Morgan fingerprint density at radius 3 is 2.76 bits per heavy atom. The van der Waals surface area contributed by atoms with E-state index >= 15 is 0 Å². The summed E-state index contributed by atoms with van der Waals surface area (Å²) in [6, 6.07) is 10.8. The number of hydrogen-bond donors (Lipinski definition) is 1. The van der Waals surface area contributed by atoms with Gasteiger partial charge in [-0.1, -0.05) is 25.1 Å². The Morgan fingerprint density at radius 2 is 1.95 bits per heavy atom. The van der Waals surface area contributed by atoms with E-state index in [4.69, 9.17) is 0 Å². The fourth-order valence-corrected chi connectivity index (χ4v) is 3.26. The fourth-order valence-electron chi connectivity index (χ4n) is 3.26. The summed E-state index contributed by atoms with van der Waals surface area (Å²) in [7, 11) is 0. The van der Waals surface area contributed by atoms with Gasteiger partial charge in [0.15, 0.2) is 0 Å². The molecule has 112 valence electrons. The molecule has 1 saturated carbocycles. The molecule has 1 aliphatic carbocycles. The van der Waals surface area contributed by atoms with E-state index in [0.717, 1.165) is 25.3 Å². The Morgan fingerprint density at radius 1 is 1.19 bits per heavy atom. The second-order valence-electron chi connectivity index (χ2n) is 6.34. The second kappa shape index (κ2) is 6.33. The number of rotatable bonds is 4. The van der Waals surface area contributed by atoms with Crippen LogP contribution in [0.5, 0.6) is 0 Å². The number of amides is 1. The van der Waals surface area contributed by atoms with Crippen LogP contribution in [-0.2, 0) is 11.3 Å². The summed E-state index contributed by atoms with van der Waals surface area (Å²) < 4.78 is 2.16. The van der Waals surface area contributed by atoms with Gasteiger partial charge in [0.05, 0.1) is 0 Å². The molecule has 1 amide bonds. The van der Waals surface area contributed by atoms with E-state index in [9.17, 15) is 4.79 Å². The second-order valence-corrected chi connectivity index (χ2v) is 6.34. The van der Waals surface area contributed by atoms with Crippen molar-refractivity contribution < 1.29 is 4.79 Å². The van der Waals surface area contributed by atoms with Gasteiger partial charge in [0.25, 0.3) is 0 Å². The van der Waals surface area contributed by atoms with Crippen molar-refractivity contribution >= 4 is 16.8 Å². The predicted molar refractivity (Wildman–Crippen MR) is 86.1 cm³/mol. The van der Waals surface area contributed by atoms with Crippen molar-refractivity contribution in [1.29, 1.82) is 0 Å². The van der Waals surface area contributed by atoms with Crippen LogP contribution in [0.3, 0.4) is 0 Å². The van der Waals surface area contributed by atoms with Crippen LogP contribution in [0.25, 0.3) is 10.9 Å². The molecule has 21 heavy (non-hydrogen) atoms. The van der Waals surface area contributed by atoms with E-state index in [-0.39, 0.29) is 5.91 Å². The molecule has 1 aromatic heterocycles. The SMILES string of the molecule is CC1CCC(NC(=O)CCn2ccc3ccccc32)CC1. The van der Waals surface area contributed by atoms with Crippen molar-refractivity contribution in [3.8, 4) is 0 Å². The molecule has 3 heteroatoms. The minimum absolute atomic E-state index is 0.187. The van der Waals surface area contributed by atoms with Gasteiger partial charge in [0.1, 0.15) is 0 Å². The molecule has 3 nitrogen and oxygen atoms in total. The van der Waals surface area contributed by atoms with Crippen LogP contribution in [0, 0.1) is 5.92 Å². The quantitative estimate of drug-likeness (QED) is 0.912. The van der Waals surface area contributed by atoms with Crippen molar-refractivity contribution in [2.75, 3.05) is 0 Å². The Labute approximate surface area is 126 Å². The van der Waals surface area contributed by atoms with E-state index in [2.05, 4.69) is 41.2 Å². The van der Waals surface area contributed by atoms with E-state index < -0.39 is 0 Å². The van der Waals surface area contributed by atoms with E-state index in [1.807, 2.05) is 12.1 Å². The van der Waals surface area contributed by atoms with Crippen molar-refractivity contribution in [3.63, 3.8) is 0 Å². The van der Waals surface area contributed by atoms with Crippen molar-refractivity contribution in [2.24, 2.45) is 5.92 Å². The molecule has 1 heterocycles. The van der Waals surface area contributed by atoms with Gasteiger partial charge in [-0.05, 0) is 49.1 Å². The van der Waals surface area contributed by atoms with Crippen LogP contribution in [0.15, 0.2) is 36.5 Å². The van der Waals surface area contributed by atoms with Gasteiger partial charge in [-0.2, -0.15) is 0 Å². The lowest BCUT2D eigenvalue weighted by molar-refractivity contribution is -0.122. The summed E-state index contributed by atoms with van der Waals surface area (Å²) in [5, 5.41) is 4.43. The number of benzene rings is 1. The fraction of sp³-hybridized carbons (Fsp3) is 0.500. The molecule has 1 aliphatic rings. The molecular formula is C18H24N2O. The highest BCUT2D eigenvalue weighted by atomic mass is 16.1. The van der Waals surface area contributed by atoms with Crippen LogP contribution >= 0.6 is 0 Å². The standard InChI is InChI=1S/C18H24N2O/c1-14-6-8-16(9-7-14)19-18(21)11-13-20-12-10-15-4-2-3-5-17(15)20/h2-5,10,12,14,16H,6-9,11,13H2,1H3,(H,19,21). The van der Waals surface area contributed by atoms with Gasteiger partial charge < -0.3 is 9.88 Å².